The van der Waals surface area contributed by atoms with Crippen LogP contribution in [-0.2, 0) is 17.7 Å². The first kappa shape index (κ1) is 34.7. The van der Waals surface area contributed by atoms with Crippen LogP contribution in [0, 0.1) is 0 Å². The van der Waals surface area contributed by atoms with Crippen LogP contribution in [0.25, 0.3) is 0 Å². The third-order valence-corrected chi connectivity index (χ3v) is 22.1. The second kappa shape index (κ2) is 13.7. The van der Waals surface area contributed by atoms with Crippen molar-refractivity contribution < 1.29 is 32.0 Å². The molecule has 2 aliphatic heterocycles. The number of hydrogen-bond acceptors (Lipinski definition) is 10. The third kappa shape index (κ3) is 6.40. The number of esters is 1. The Morgan fingerprint density at radius 2 is 1.64 bits per heavy atom. The van der Waals surface area contributed by atoms with E-state index in [1.807, 2.05) is 0 Å². The molecule has 0 aliphatic carbocycles. The Bertz CT molecular complexity index is 1370. The molecule has 1 aromatic heterocycles. The third-order valence-electron chi connectivity index (χ3n) is 8.61. The summed E-state index contributed by atoms with van der Waals surface area (Å²) in [6, 6.07) is 6.51. The van der Waals surface area contributed by atoms with Crippen LogP contribution >= 0.6 is 0 Å². The fraction of sp³-hybridized carbons (Fsp3) is 0.633. The number of fused-ring (bicyclic) bond motifs is 1. The number of nitrogens with zero attached hydrogens (tertiary/aromatic N) is 2. The number of nitrogen functional groups attached to an aromatic ring is 1. The van der Waals surface area contributed by atoms with E-state index in [0.717, 1.165) is 0 Å². The van der Waals surface area contributed by atoms with E-state index in [1.54, 1.807) is 37.6 Å². The number of hydrogen-bond donors (Lipinski definition) is 1. The number of aromatic nitrogens is 2. The number of nitrogens with two attached hydrogens (primary N) is 1. The molecule has 2 fully saturated rings. The van der Waals surface area contributed by atoms with Crippen molar-refractivity contribution in [1.29, 1.82) is 0 Å². The van der Waals surface area contributed by atoms with Gasteiger partial charge in [0.1, 0.15) is 0 Å². The Balaban J connectivity index is 1.85. The average molecular weight is 713 g/mol. The topological polar surface area (TPSA) is 133 Å². The summed E-state index contributed by atoms with van der Waals surface area (Å²) in [5.74, 6) is 0.405. The summed E-state index contributed by atoms with van der Waals surface area (Å²) >= 11 is -0.277. The molecule has 0 saturated carbocycles. The Labute approximate surface area is 268 Å². The molecular formula is C30H47N3O8SeSi2. The second-order valence-electron chi connectivity index (χ2n) is 12.6. The number of methoxy groups -OCH3 is 2. The number of carbonyl (C=O) groups excluding carboxylic acids is 1. The van der Waals surface area contributed by atoms with Gasteiger partial charge in [-0.2, -0.15) is 0 Å². The molecule has 0 radical (unpaired) electrons. The van der Waals surface area contributed by atoms with Crippen LogP contribution in [0.2, 0.25) is 27.0 Å². The number of ether oxygens (including phenoxy) is 3. The standard InChI is InChI=1S/C30H47N3O8SeSi2/c1-17(2)43(18(3)4)38-16-24-26(40-44(41-43,19(5)6)20(7)8)27(28(42-24)33-14-13-25(31)32-30(33)35)39-29(34)22-12-11-21(36-9)15-23(22)37-10/h11-15,17-20,24,26-28H,16H2,1-10H3,(H2,31,32,35)/t24-,26-,27-,28-/m1/s1. The van der Waals surface area contributed by atoms with Crippen LogP contribution in [0.4, 0.5) is 5.82 Å². The van der Waals surface area contributed by atoms with Crippen LogP contribution in [0.3, 0.4) is 0 Å². The molecule has 4 atom stereocenters. The molecule has 2 saturated heterocycles. The van der Waals surface area contributed by atoms with Crippen LogP contribution < -0.4 is 20.9 Å². The van der Waals surface area contributed by atoms with Gasteiger partial charge in [-0.15, -0.1) is 0 Å². The van der Waals surface area contributed by atoms with E-state index >= 15 is 0 Å². The van der Waals surface area contributed by atoms with Crippen LogP contribution in [-0.4, -0.2) is 80.6 Å². The molecule has 2 aliphatic rings. The molecule has 1 aromatic carbocycles. The minimum atomic E-state index is -3.03. The van der Waals surface area contributed by atoms with E-state index in [9.17, 15) is 9.59 Å². The van der Waals surface area contributed by atoms with E-state index in [4.69, 9.17) is 32.9 Å². The molecule has 0 unspecified atom stereocenters. The van der Waals surface area contributed by atoms with Gasteiger partial charge in [0.15, 0.2) is 0 Å². The van der Waals surface area contributed by atoms with Gasteiger partial charge < -0.3 is 0 Å². The number of benzene rings is 1. The molecule has 244 valence electrons. The van der Waals surface area contributed by atoms with Crippen molar-refractivity contribution in [3.05, 3.63) is 46.5 Å². The Hall–Kier alpha value is -2.20. The monoisotopic (exact) mass is 713 g/mol. The first-order valence-electron chi connectivity index (χ1n) is 15.2. The molecule has 4 rings (SSSR count). The van der Waals surface area contributed by atoms with Crippen molar-refractivity contribution in [3.63, 3.8) is 0 Å². The maximum atomic E-state index is 13.9. The van der Waals surface area contributed by atoms with Gasteiger partial charge in [0, 0.05) is 0 Å². The number of carbonyl (C=O) groups is 1. The van der Waals surface area contributed by atoms with Crippen molar-refractivity contribution >= 4 is 43.9 Å². The van der Waals surface area contributed by atoms with Crippen LogP contribution in [0.15, 0.2) is 35.3 Å². The minimum absolute atomic E-state index is 0.0831. The number of rotatable bonds is 9. The molecule has 44 heavy (non-hydrogen) atoms. The molecule has 0 amide bonds. The quantitative estimate of drug-likeness (QED) is 0.279. The summed E-state index contributed by atoms with van der Waals surface area (Å²) in [4.78, 5) is 30.4. The summed E-state index contributed by atoms with van der Waals surface area (Å²) in [7, 11) is -2.78. The Kier molecular flexibility index (Phi) is 10.8. The van der Waals surface area contributed by atoms with Gasteiger partial charge in [-0.05, 0) is 0 Å². The molecule has 3 heterocycles. The molecule has 2 N–H and O–H groups in total. The summed E-state index contributed by atoms with van der Waals surface area (Å²) < 4.78 is 40.4. The van der Waals surface area contributed by atoms with Gasteiger partial charge >= 0.3 is 269 Å². The second-order valence-corrected chi connectivity index (χ2v) is 24.3. The predicted octanol–water partition coefficient (Wildman–Crippen LogP) is 5.03. The van der Waals surface area contributed by atoms with Gasteiger partial charge in [0.05, 0.1) is 0 Å². The van der Waals surface area contributed by atoms with Gasteiger partial charge in [-0.25, -0.2) is 0 Å². The Morgan fingerprint density at radius 1 is 1.00 bits per heavy atom. The normalized spacial score (nSPS) is 24.7. The molecule has 0 spiro atoms. The van der Waals surface area contributed by atoms with E-state index in [0.29, 0.717) is 18.1 Å². The molecule has 2 aromatic rings. The zero-order chi connectivity index (χ0) is 32.6. The van der Waals surface area contributed by atoms with Crippen LogP contribution in [0.1, 0.15) is 70.7 Å². The first-order chi connectivity index (χ1) is 20.7. The summed E-state index contributed by atoms with van der Waals surface area (Å²) in [5, 5.41) is 0. The van der Waals surface area contributed by atoms with Crippen molar-refractivity contribution in [1.82, 2.24) is 9.55 Å². The van der Waals surface area contributed by atoms with E-state index in [2.05, 4.69) is 60.4 Å². The first-order valence-corrected chi connectivity index (χ1v) is 21.1. The molecule has 11 nitrogen and oxygen atoms in total. The summed E-state index contributed by atoms with van der Waals surface area (Å²) in [6.45, 7) is 17.7. The predicted molar refractivity (Wildman–Crippen MR) is 174 cm³/mol. The van der Waals surface area contributed by atoms with Gasteiger partial charge in [-0.3, -0.25) is 0 Å². The number of anilines is 1. The Morgan fingerprint density at radius 3 is 2.18 bits per heavy atom. The maximum absolute atomic E-state index is 13.9. The fourth-order valence-corrected chi connectivity index (χ4v) is 21.2. The van der Waals surface area contributed by atoms with Crippen molar-refractivity contribution in [2.24, 2.45) is 0 Å². The molecular weight excluding hydrogens is 665 g/mol. The summed E-state index contributed by atoms with van der Waals surface area (Å²) in [5.41, 5.74) is 6.13. The zero-order valence-corrected chi connectivity index (χ0v) is 31.1. The van der Waals surface area contributed by atoms with E-state index in [1.165, 1.54) is 11.7 Å². The summed E-state index contributed by atoms with van der Waals surface area (Å²) in [6.07, 6.45) is 0.255. The van der Waals surface area contributed by atoms with Gasteiger partial charge in [-0.1, -0.05) is 0 Å². The SMILES string of the molecule is COc1ccc(C(=O)O[C@@H]2[C@@H]3O[Si](C(C)C)(C(C)C)O[Si](C(C)C)(C(C)C)OC[C@H]3[Se][C@H]2n2ccc(N)nc2=O)c(OC)c1. The van der Waals surface area contributed by atoms with E-state index in [-0.39, 0.29) is 53.3 Å². The molecule has 0 bridgehead atoms. The van der Waals surface area contributed by atoms with Gasteiger partial charge in [0.25, 0.3) is 0 Å². The van der Waals surface area contributed by atoms with Crippen molar-refractivity contribution in [2.75, 3.05) is 26.6 Å². The van der Waals surface area contributed by atoms with Gasteiger partial charge in [0.2, 0.25) is 0 Å². The molecule has 14 heteroatoms. The van der Waals surface area contributed by atoms with Crippen LogP contribution in [0.5, 0.6) is 11.5 Å². The van der Waals surface area contributed by atoms with E-state index < -0.39 is 45.9 Å². The zero-order valence-electron chi connectivity index (χ0n) is 27.4. The van der Waals surface area contributed by atoms with Crippen molar-refractivity contribution in [2.45, 2.75) is 99.5 Å². The average Bonchev–Trinajstić information content (AvgIpc) is 3.27. The fourth-order valence-electron chi connectivity index (χ4n) is 6.25. The van der Waals surface area contributed by atoms with Crippen molar-refractivity contribution in [3.8, 4) is 11.5 Å².